The number of hydrogen-bond acceptors (Lipinski definition) is 4. The molecule has 1 rings (SSSR count). The molecule has 0 radical (unpaired) electrons. The quantitative estimate of drug-likeness (QED) is 0.865. The minimum absolute atomic E-state index is 0.0259. The smallest absolute Gasteiger partial charge is 0.397 e. The van der Waals surface area contributed by atoms with Gasteiger partial charge >= 0.3 is 12.1 Å². The van der Waals surface area contributed by atoms with Gasteiger partial charge in [0.1, 0.15) is 6.42 Å². The monoisotopic (exact) mass is 252 g/mol. The number of aliphatic carboxylic acids is 1. The van der Waals surface area contributed by atoms with Crippen LogP contribution in [0.5, 0.6) is 0 Å². The Labute approximate surface area is 94.6 Å². The van der Waals surface area contributed by atoms with E-state index >= 15 is 0 Å². The van der Waals surface area contributed by atoms with Gasteiger partial charge in [-0.3, -0.25) is 4.79 Å². The molecule has 96 valence electrons. The highest BCUT2D eigenvalue weighted by Crippen LogP contribution is 2.21. The SMILES string of the molecule is CC(CC(=O)O)Cc1nnc(CC(F)(F)F)o1. The summed E-state index contributed by atoms with van der Waals surface area (Å²) in [6.45, 7) is 1.64. The van der Waals surface area contributed by atoms with Crippen molar-refractivity contribution in [3.63, 3.8) is 0 Å². The molecule has 1 N–H and O–H groups in total. The number of nitrogens with zero attached hydrogens (tertiary/aromatic N) is 2. The van der Waals surface area contributed by atoms with E-state index in [0.717, 1.165) is 0 Å². The molecular weight excluding hydrogens is 241 g/mol. The van der Waals surface area contributed by atoms with E-state index in [1.54, 1.807) is 6.92 Å². The van der Waals surface area contributed by atoms with Gasteiger partial charge in [0.25, 0.3) is 0 Å². The second-order valence-electron chi connectivity index (χ2n) is 3.79. The Kier molecular flexibility index (Phi) is 4.08. The number of aromatic nitrogens is 2. The Bertz CT molecular complexity index is 389. The van der Waals surface area contributed by atoms with Crippen molar-refractivity contribution >= 4 is 5.97 Å². The van der Waals surface area contributed by atoms with Gasteiger partial charge < -0.3 is 9.52 Å². The molecule has 1 heterocycles. The van der Waals surface area contributed by atoms with Crippen molar-refractivity contribution in [3.05, 3.63) is 11.8 Å². The van der Waals surface area contributed by atoms with E-state index in [2.05, 4.69) is 10.2 Å². The van der Waals surface area contributed by atoms with Crippen LogP contribution in [0.4, 0.5) is 13.2 Å². The number of carboxylic acids is 1. The zero-order valence-electron chi connectivity index (χ0n) is 8.99. The predicted octanol–water partition coefficient (Wildman–Crippen LogP) is 1.83. The van der Waals surface area contributed by atoms with Crippen LogP contribution >= 0.6 is 0 Å². The third-order valence-corrected chi connectivity index (χ3v) is 1.91. The van der Waals surface area contributed by atoms with Crippen molar-refractivity contribution in [2.45, 2.75) is 32.4 Å². The van der Waals surface area contributed by atoms with Gasteiger partial charge in [0.15, 0.2) is 0 Å². The Morgan fingerprint density at radius 2 is 2.00 bits per heavy atom. The van der Waals surface area contributed by atoms with Gasteiger partial charge in [0.2, 0.25) is 11.8 Å². The number of hydrogen-bond donors (Lipinski definition) is 1. The summed E-state index contributed by atoms with van der Waals surface area (Å²) in [6.07, 6.45) is -5.61. The van der Waals surface area contributed by atoms with Crippen LogP contribution in [0.15, 0.2) is 4.42 Å². The summed E-state index contributed by atoms with van der Waals surface area (Å²) >= 11 is 0. The van der Waals surface area contributed by atoms with E-state index in [1.807, 2.05) is 0 Å². The summed E-state index contributed by atoms with van der Waals surface area (Å²) in [5.41, 5.74) is 0. The lowest BCUT2D eigenvalue weighted by atomic mass is 10.0. The second kappa shape index (κ2) is 5.15. The highest BCUT2D eigenvalue weighted by atomic mass is 19.4. The minimum atomic E-state index is -4.39. The highest BCUT2D eigenvalue weighted by Gasteiger charge is 2.31. The van der Waals surface area contributed by atoms with Crippen LogP contribution in [-0.2, 0) is 17.6 Å². The number of carboxylic acid groups (broad SMARTS) is 1. The lowest BCUT2D eigenvalue weighted by Crippen LogP contribution is -2.11. The molecule has 0 aliphatic carbocycles. The predicted molar refractivity (Wildman–Crippen MR) is 49.2 cm³/mol. The first-order valence-corrected chi connectivity index (χ1v) is 4.86. The molecule has 0 amide bonds. The fourth-order valence-corrected chi connectivity index (χ4v) is 1.28. The summed E-state index contributed by atoms with van der Waals surface area (Å²) in [7, 11) is 0. The summed E-state index contributed by atoms with van der Waals surface area (Å²) in [5.74, 6) is -1.73. The molecule has 0 saturated heterocycles. The van der Waals surface area contributed by atoms with E-state index in [0.29, 0.717) is 0 Å². The Balaban J connectivity index is 2.54. The molecule has 5 nitrogen and oxygen atoms in total. The minimum Gasteiger partial charge on any atom is -0.481 e. The zero-order valence-corrected chi connectivity index (χ0v) is 8.99. The summed E-state index contributed by atoms with van der Waals surface area (Å²) in [4.78, 5) is 10.4. The van der Waals surface area contributed by atoms with Crippen LogP contribution in [0.25, 0.3) is 0 Å². The van der Waals surface area contributed by atoms with Gasteiger partial charge in [-0.1, -0.05) is 6.92 Å². The van der Waals surface area contributed by atoms with Crippen molar-refractivity contribution in [1.82, 2.24) is 10.2 Å². The van der Waals surface area contributed by atoms with E-state index in [1.165, 1.54) is 0 Å². The molecule has 8 heteroatoms. The Hall–Kier alpha value is -1.60. The van der Waals surface area contributed by atoms with E-state index in [-0.39, 0.29) is 24.7 Å². The second-order valence-corrected chi connectivity index (χ2v) is 3.79. The fourth-order valence-electron chi connectivity index (χ4n) is 1.28. The molecule has 0 fully saturated rings. The van der Waals surface area contributed by atoms with Crippen molar-refractivity contribution in [1.29, 1.82) is 0 Å². The number of rotatable bonds is 5. The Morgan fingerprint density at radius 3 is 2.53 bits per heavy atom. The topological polar surface area (TPSA) is 76.2 Å². The van der Waals surface area contributed by atoms with Crippen molar-refractivity contribution in [2.75, 3.05) is 0 Å². The van der Waals surface area contributed by atoms with Gasteiger partial charge in [-0.15, -0.1) is 10.2 Å². The Morgan fingerprint density at radius 1 is 1.41 bits per heavy atom. The van der Waals surface area contributed by atoms with Gasteiger partial charge in [0, 0.05) is 12.8 Å². The average Bonchev–Trinajstić information content (AvgIpc) is 2.46. The maximum absolute atomic E-state index is 12.0. The lowest BCUT2D eigenvalue weighted by molar-refractivity contribution is -0.138. The fraction of sp³-hybridized carbons (Fsp3) is 0.667. The summed E-state index contributed by atoms with van der Waals surface area (Å²) < 4.78 is 40.7. The molecule has 0 spiro atoms. The summed E-state index contributed by atoms with van der Waals surface area (Å²) in [6, 6.07) is 0. The van der Waals surface area contributed by atoms with Crippen LogP contribution in [-0.4, -0.2) is 27.4 Å². The standard InChI is InChI=1S/C9H11F3N2O3/c1-5(3-8(15)16)2-6-13-14-7(17-6)4-9(10,11)12/h5H,2-4H2,1H3,(H,15,16). The molecule has 1 atom stereocenters. The zero-order chi connectivity index (χ0) is 13.1. The molecule has 0 aromatic carbocycles. The molecule has 0 saturated carbocycles. The van der Waals surface area contributed by atoms with Gasteiger partial charge in [-0.05, 0) is 5.92 Å². The van der Waals surface area contributed by atoms with Gasteiger partial charge in [-0.2, -0.15) is 13.2 Å². The largest absolute Gasteiger partial charge is 0.481 e. The normalized spacial score (nSPS) is 13.6. The number of alkyl halides is 3. The van der Waals surface area contributed by atoms with Crippen molar-refractivity contribution < 1.29 is 27.5 Å². The van der Waals surface area contributed by atoms with Crippen LogP contribution in [0.2, 0.25) is 0 Å². The molecule has 0 bridgehead atoms. The first-order chi connectivity index (χ1) is 7.76. The van der Waals surface area contributed by atoms with Crippen molar-refractivity contribution in [2.24, 2.45) is 5.92 Å². The number of halogens is 3. The molecule has 1 aromatic rings. The third-order valence-electron chi connectivity index (χ3n) is 1.91. The van der Waals surface area contributed by atoms with Crippen LogP contribution in [0.1, 0.15) is 25.1 Å². The average molecular weight is 252 g/mol. The van der Waals surface area contributed by atoms with Crippen molar-refractivity contribution in [3.8, 4) is 0 Å². The van der Waals surface area contributed by atoms with Crippen LogP contribution in [0, 0.1) is 5.92 Å². The van der Waals surface area contributed by atoms with Gasteiger partial charge in [-0.25, -0.2) is 0 Å². The van der Waals surface area contributed by atoms with Gasteiger partial charge in [0.05, 0.1) is 0 Å². The molecule has 0 aliphatic heterocycles. The molecule has 1 aromatic heterocycles. The van der Waals surface area contributed by atoms with E-state index < -0.39 is 24.5 Å². The number of carbonyl (C=O) groups is 1. The summed E-state index contributed by atoms with van der Waals surface area (Å²) in [5, 5.41) is 15.2. The third kappa shape index (κ3) is 5.32. The molecule has 17 heavy (non-hydrogen) atoms. The molecule has 1 unspecified atom stereocenters. The van der Waals surface area contributed by atoms with E-state index in [9.17, 15) is 18.0 Å². The van der Waals surface area contributed by atoms with Crippen LogP contribution < -0.4 is 0 Å². The highest BCUT2D eigenvalue weighted by molar-refractivity contribution is 5.66. The van der Waals surface area contributed by atoms with Crippen LogP contribution in [0.3, 0.4) is 0 Å². The van der Waals surface area contributed by atoms with E-state index in [4.69, 9.17) is 9.52 Å². The maximum atomic E-state index is 12.0. The first-order valence-electron chi connectivity index (χ1n) is 4.86. The molecule has 0 aliphatic rings. The maximum Gasteiger partial charge on any atom is 0.397 e. The lowest BCUT2D eigenvalue weighted by Gasteiger charge is -2.04. The molecular formula is C9H11F3N2O3. The first kappa shape index (κ1) is 13.5.